The first-order valence-electron chi connectivity index (χ1n) is 6.04. The smallest absolute Gasteiger partial charge is 0.129 e. The Bertz CT molecular complexity index is 556. The van der Waals surface area contributed by atoms with Crippen LogP contribution in [0, 0.1) is 5.82 Å². The van der Waals surface area contributed by atoms with E-state index >= 15 is 0 Å². The van der Waals surface area contributed by atoms with E-state index in [0.717, 1.165) is 26.8 Å². The highest BCUT2D eigenvalue weighted by Gasteiger charge is 2.20. The van der Waals surface area contributed by atoms with Crippen molar-refractivity contribution in [3.63, 3.8) is 0 Å². The number of halogens is 3. The standard InChI is InChI=1S/C14H14Br2FNS/c1-2-6-18-13(14-11(16)5-7-19-14)10-4-3-9(15)8-12(10)17/h3-5,7-8,13,18H,2,6H2,1H3. The van der Waals surface area contributed by atoms with Gasteiger partial charge in [-0.2, -0.15) is 0 Å². The number of hydrogen-bond acceptors (Lipinski definition) is 2. The van der Waals surface area contributed by atoms with Gasteiger partial charge in [-0.25, -0.2) is 4.39 Å². The summed E-state index contributed by atoms with van der Waals surface area (Å²) in [6.45, 7) is 2.95. The molecule has 0 aliphatic rings. The highest BCUT2D eigenvalue weighted by atomic mass is 79.9. The lowest BCUT2D eigenvalue weighted by Gasteiger charge is -2.19. The predicted octanol–water partition coefficient (Wildman–Crippen LogP) is 5.50. The van der Waals surface area contributed by atoms with Gasteiger partial charge in [0.05, 0.1) is 6.04 Å². The van der Waals surface area contributed by atoms with Gasteiger partial charge in [-0.15, -0.1) is 11.3 Å². The third-order valence-corrected chi connectivity index (χ3v) is 5.21. The fourth-order valence-corrected chi connectivity index (χ4v) is 3.91. The highest BCUT2D eigenvalue weighted by molar-refractivity contribution is 9.10. The van der Waals surface area contributed by atoms with Crippen molar-refractivity contribution in [2.24, 2.45) is 0 Å². The van der Waals surface area contributed by atoms with Gasteiger partial charge in [0.25, 0.3) is 0 Å². The summed E-state index contributed by atoms with van der Waals surface area (Å²) < 4.78 is 16.0. The molecule has 1 aromatic heterocycles. The zero-order valence-corrected chi connectivity index (χ0v) is 14.4. The lowest BCUT2D eigenvalue weighted by Crippen LogP contribution is -2.23. The van der Waals surface area contributed by atoms with E-state index in [0.29, 0.717) is 5.56 Å². The quantitative estimate of drug-likeness (QED) is 0.690. The van der Waals surface area contributed by atoms with Crippen LogP contribution in [-0.4, -0.2) is 6.54 Å². The Kier molecular flexibility index (Phi) is 5.57. The molecule has 1 nitrogen and oxygen atoms in total. The van der Waals surface area contributed by atoms with E-state index in [4.69, 9.17) is 0 Å². The molecule has 0 radical (unpaired) electrons. The zero-order valence-electron chi connectivity index (χ0n) is 10.4. The second-order valence-corrected chi connectivity index (χ2v) is 6.90. The van der Waals surface area contributed by atoms with Crippen molar-refractivity contribution in [3.05, 3.63) is 54.8 Å². The van der Waals surface area contributed by atoms with Gasteiger partial charge in [-0.1, -0.05) is 28.9 Å². The molecule has 2 aromatic rings. The average Bonchev–Trinajstić information content (AvgIpc) is 2.78. The molecule has 102 valence electrons. The van der Waals surface area contributed by atoms with Gasteiger partial charge in [-0.3, -0.25) is 0 Å². The first kappa shape index (κ1) is 15.2. The van der Waals surface area contributed by atoms with Crippen LogP contribution < -0.4 is 5.32 Å². The van der Waals surface area contributed by atoms with Crippen molar-refractivity contribution in [1.82, 2.24) is 5.32 Å². The number of benzene rings is 1. The van der Waals surface area contributed by atoms with Crippen LogP contribution in [0.1, 0.15) is 29.8 Å². The van der Waals surface area contributed by atoms with E-state index in [9.17, 15) is 4.39 Å². The van der Waals surface area contributed by atoms with Crippen molar-refractivity contribution in [2.75, 3.05) is 6.54 Å². The van der Waals surface area contributed by atoms with Crippen molar-refractivity contribution >= 4 is 43.2 Å². The van der Waals surface area contributed by atoms with Gasteiger partial charge in [-0.05, 0) is 52.5 Å². The van der Waals surface area contributed by atoms with Gasteiger partial charge < -0.3 is 5.32 Å². The highest BCUT2D eigenvalue weighted by Crippen LogP contribution is 2.34. The lowest BCUT2D eigenvalue weighted by molar-refractivity contribution is 0.550. The minimum Gasteiger partial charge on any atom is -0.305 e. The second-order valence-electron chi connectivity index (χ2n) is 4.19. The Labute approximate surface area is 133 Å². The number of hydrogen-bond donors (Lipinski definition) is 1. The maximum atomic E-state index is 14.2. The molecular weight excluding hydrogens is 393 g/mol. The van der Waals surface area contributed by atoms with Crippen LogP contribution in [0.2, 0.25) is 0 Å². The molecule has 2 rings (SSSR count). The molecule has 0 spiro atoms. The molecule has 19 heavy (non-hydrogen) atoms. The van der Waals surface area contributed by atoms with E-state index in [1.54, 1.807) is 11.3 Å². The van der Waals surface area contributed by atoms with E-state index in [1.165, 1.54) is 6.07 Å². The predicted molar refractivity (Wildman–Crippen MR) is 86.3 cm³/mol. The maximum absolute atomic E-state index is 14.2. The average molecular weight is 407 g/mol. The molecule has 0 amide bonds. The summed E-state index contributed by atoms with van der Waals surface area (Å²) in [5.74, 6) is -0.191. The first-order chi connectivity index (χ1) is 9.13. The number of rotatable bonds is 5. The zero-order chi connectivity index (χ0) is 13.8. The molecule has 1 aromatic carbocycles. The van der Waals surface area contributed by atoms with Crippen molar-refractivity contribution in [2.45, 2.75) is 19.4 Å². The Hall–Kier alpha value is -0.230. The molecule has 1 unspecified atom stereocenters. The fourth-order valence-electron chi connectivity index (χ4n) is 1.88. The second kappa shape index (κ2) is 6.97. The first-order valence-corrected chi connectivity index (χ1v) is 8.51. The van der Waals surface area contributed by atoms with Gasteiger partial charge >= 0.3 is 0 Å². The Morgan fingerprint density at radius 2 is 2.11 bits per heavy atom. The van der Waals surface area contributed by atoms with E-state index in [2.05, 4.69) is 44.1 Å². The summed E-state index contributed by atoms with van der Waals surface area (Å²) >= 11 is 8.46. The molecule has 1 N–H and O–H groups in total. The van der Waals surface area contributed by atoms with Gasteiger partial charge in [0.2, 0.25) is 0 Å². The Morgan fingerprint density at radius 3 is 2.68 bits per heavy atom. The normalized spacial score (nSPS) is 12.6. The third kappa shape index (κ3) is 3.66. The summed E-state index contributed by atoms with van der Waals surface area (Å²) in [4.78, 5) is 1.11. The number of nitrogens with one attached hydrogen (secondary N) is 1. The van der Waals surface area contributed by atoms with Crippen LogP contribution in [0.5, 0.6) is 0 Å². The summed E-state index contributed by atoms with van der Waals surface area (Å²) in [7, 11) is 0. The third-order valence-electron chi connectivity index (χ3n) is 2.78. The van der Waals surface area contributed by atoms with Crippen LogP contribution in [0.4, 0.5) is 4.39 Å². The van der Waals surface area contributed by atoms with Crippen LogP contribution in [0.3, 0.4) is 0 Å². The van der Waals surface area contributed by atoms with Gasteiger partial charge in [0.15, 0.2) is 0 Å². The molecule has 0 saturated carbocycles. The molecule has 0 fully saturated rings. The molecule has 1 atom stereocenters. The summed E-state index contributed by atoms with van der Waals surface area (Å²) in [6.07, 6.45) is 1.01. The Balaban J connectivity index is 2.40. The van der Waals surface area contributed by atoms with E-state index in [-0.39, 0.29) is 11.9 Å². The molecular formula is C14H14Br2FNS. The summed E-state index contributed by atoms with van der Waals surface area (Å²) in [5, 5.41) is 5.43. The largest absolute Gasteiger partial charge is 0.305 e. The minimum atomic E-state index is -0.191. The van der Waals surface area contributed by atoms with Crippen LogP contribution in [-0.2, 0) is 0 Å². The van der Waals surface area contributed by atoms with Crippen LogP contribution in [0.15, 0.2) is 38.6 Å². The Morgan fingerprint density at radius 1 is 1.32 bits per heavy atom. The fraction of sp³-hybridized carbons (Fsp3) is 0.286. The molecule has 0 bridgehead atoms. The minimum absolute atomic E-state index is 0.109. The monoisotopic (exact) mass is 405 g/mol. The number of thiophene rings is 1. The molecule has 1 heterocycles. The summed E-state index contributed by atoms with van der Waals surface area (Å²) in [6, 6.07) is 7.11. The van der Waals surface area contributed by atoms with E-state index < -0.39 is 0 Å². The maximum Gasteiger partial charge on any atom is 0.129 e. The molecule has 5 heteroatoms. The van der Waals surface area contributed by atoms with Crippen LogP contribution >= 0.6 is 43.2 Å². The summed E-state index contributed by atoms with van der Waals surface area (Å²) in [5.41, 5.74) is 0.680. The van der Waals surface area contributed by atoms with Crippen LogP contribution in [0.25, 0.3) is 0 Å². The van der Waals surface area contributed by atoms with Gasteiger partial charge in [0, 0.05) is 19.4 Å². The van der Waals surface area contributed by atoms with Crippen molar-refractivity contribution in [1.29, 1.82) is 0 Å². The van der Waals surface area contributed by atoms with Gasteiger partial charge in [0.1, 0.15) is 5.82 Å². The molecule has 0 aliphatic heterocycles. The van der Waals surface area contributed by atoms with Crippen molar-refractivity contribution < 1.29 is 4.39 Å². The lowest BCUT2D eigenvalue weighted by atomic mass is 10.0. The molecule has 0 saturated heterocycles. The topological polar surface area (TPSA) is 12.0 Å². The SMILES string of the molecule is CCCNC(c1ccc(Br)cc1F)c1sccc1Br. The van der Waals surface area contributed by atoms with E-state index in [1.807, 2.05) is 23.6 Å². The van der Waals surface area contributed by atoms with Crippen molar-refractivity contribution in [3.8, 4) is 0 Å². The molecule has 0 aliphatic carbocycles.